The lowest BCUT2D eigenvalue weighted by Gasteiger charge is -2.06. The van der Waals surface area contributed by atoms with Crippen LogP contribution in [0.2, 0.25) is 0 Å². The van der Waals surface area contributed by atoms with Gasteiger partial charge in [0, 0.05) is 6.04 Å². The van der Waals surface area contributed by atoms with Crippen molar-refractivity contribution in [2.45, 2.75) is 19.9 Å². The number of aromatic amines is 1. The molecule has 0 aromatic carbocycles. The summed E-state index contributed by atoms with van der Waals surface area (Å²) in [6.45, 7) is 4.13. The van der Waals surface area contributed by atoms with Crippen molar-refractivity contribution in [2.24, 2.45) is 0 Å². The molecular formula is C9H12N4S. The molecule has 5 heteroatoms. The molecule has 0 fully saturated rings. The highest BCUT2D eigenvalue weighted by Gasteiger charge is 2.08. The first-order chi connectivity index (χ1) is 6.59. The van der Waals surface area contributed by atoms with E-state index in [1.54, 1.807) is 6.07 Å². The predicted octanol–water partition coefficient (Wildman–Crippen LogP) is 2.26. The summed E-state index contributed by atoms with van der Waals surface area (Å²) in [6, 6.07) is 3.94. The van der Waals surface area contributed by atoms with Crippen LogP contribution in [0, 0.1) is 4.77 Å². The first kappa shape index (κ1) is 9.21. The fourth-order valence-corrected chi connectivity index (χ4v) is 1.90. The van der Waals surface area contributed by atoms with Crippen molar-refractivity contribution < 1.29 is 0 Å². The van der Waals surface area contributed by atoms with E-state index in [9.17, 15) is 0 Å². The van der Waals surface area contributed by atoms with Gasteiger partial charge in [-0.05, 0) is 38.2 Å². The van der Waals surface area contributed by atoms with E-state index in [4.69, 9.17) is 18.0 Å². The molecule has 0 aliphatic heterocycles. The first-order valence-corrected chi connectivity index (χ1v) is 4.87. The molecular weight excluding hydrogens is 196 g/mol. The molecule has 0 unspecified atom stereocenters. The average molecular weight is 208 g/mol. The maximum Gasteiger partial charge on any atom is 0.179 e. The molecule has 0 saturated heterocycles. The van der Waals surface area contributed by atoms with Crippen LogP contribution < -0.4 is 5.73 Å². The topological polar surface area (TPSA) is 59.6 Å². The number of aromatic nitrogens is 3. The molecule has 0 radical (unpaired) electrons. The van der Waals surface area contributed by atoms with E-state index in [2.05, 4.69) is 23.8 Å². The number of hydrogen-bond donors (Lipinski definition) is 2. The summed E-state index contributed by atoms with van der Waals surface area (Å²) in [5.41, 5.74) is 7.38. The molecule has 2 heterocycles. The molecule has 2 rings (SSSR count). The number of pyridine rings is 1. The van der Waals surface area contributed by atoms with Crippen molar-refractivity contribution in [1.82, 2.24) is 14.5 Å². The van der Waals surface area contributed by atoms with E-state index in [1.807, 2.05) is 10.6 Å². The van der Waals surface area contributed by atoms with Crippen LogP contribution in [0.4, 0.5) is 5.82 Å². The fourth-order valence-electron chi connectivity index (χ4n) is 1.49. The normalized spacial score (nSPS) is 11.4. The van der Waals surface area contributed by atoms with E-state index in [0.29, 0.717) is 10.6 Å². The van der Waals surface area contributed by atoms with Crippen LogP contribution in [-0.4, -0.2) is 14.5 Å². The van der Waals surface area contributed by atoms with Crippen LogP contribution in [0.25, 0.3) is 11.2 Å². The number of rotatable bonds is 1. The number of nitrogen functional groups attached to an aromatic ring is 1. The zero-order chi connectivity index (χ0) is 10.3. The van der Waals surface area contributed by atoms with E-state index >= 15 is 0 Å². The predicted molar refractivity (Wildman–Crippen MR) is 59.7 cm³/mol. The Bertz CT molecular complexity index is 523. The fraction of sp³-hybridized carbons (Fsp3) is 0.333. The van der Waals surface area contributed by atoms with Gasteiger partial charge in [0.15, 0.2) is 10.4 Å². The highest BCUT2D eigenvalue weighted by atomic mass is 32.1. The molecule has 2 aromatic rings. The monoisotopic (exact) mass is 208 g/mol. The third kappa shape index (κ3) is 1.29. The lowest BCUT2D eigenvalue weighted by atomic mass is 10.3. The standard InChI is InChI=1S/C9H12N4S/c1-5(2)13-8-6(11-9(13)14)3-4-7(10)12-8/h3-5H,1-2H3,(H2,10,12)(H,11,14). The van der Waals surface area contributed by atoms with Gasteiger partial charge in [0.05, 0.1) is 5.52 Å². The van der Waals surface area contributed by atoms with Gasteiger partial charge in [0.1, 0.15) is 5.82 Å². The Balaban J connectivity index is 2.86. The Morgan fingerprint density at radius 1 is 1.50 bits per heavy atom. The third-order valence-electron chi connectivity index (χ3n) is 2.10. The number of nitrogens with one attached hydrogen (secondary N) is 1. The van der Waals surface area contributed by atoms with Crippen LogP contribution in [0.3, 0.4) is 0 Å². The number of nitrogens with two attached hydrogens (primary N) is 1. The van der Waals surface area contributed by atoms with Crippen molar-refractivity contribution in [3.63, 3.8) is 0 Å². The van der Waals surface area contributed by atoms with E-state index in [1.165, 1.54) is 0 Å². The minimum atomic E-state index is 0.283. The zero-order valence-corrected chi connectivity index (χ0v) is 8.93. The number of imidazole rings is 1. The van der Waals surface area contributed by atoms with Gasteiger partial charge < -0.3 is 10.7 Å². The molecule has 0 aliphatic carbocycles. The summed E-state index contributed by atoms with van der Waals surface area (Å²) in [7, 11) is 0. The highest BCUT2D eigenvalue weighted by Crippen LogP contribution is 2.17. The lowest BCUT2D eigenvalue weighted by Crippen LogP contribution is -2.02. The summed E-state index contributed by atoms with van der Waals surface area (Å²) in [6.07, 6.45) is 0. The molecule has 0 atom stereocenters. The first-order valence-electron chi connectivity index (χ1n) is 4.46. The van der Waals surface area contributed by atoms with Crippen molar-refractivity contribution in [3.05, 3.63) is 16.9 Å². The van der Waals surface area contributed by atoms with Gasteiger partial charge in [-0.1, -0.05) is 0 Å². The Hall–Kier alpha value is -1.36. The SMILES string of the molecule is CC(C)n1c(=S)[nH]c2ccc(N)nc21. The number of fused-ring (bicyclic) bond motifs is 1. The van der Waals surface area contributed by atoms with Crippen molar-refractivity contribution in [3.8, 4) is 0 Å². The van der Waals surface area contributed by atoms with Gasteiger partial charge in [-0.25, -0.2) is 4.98 Å². The van der Waals surface area contributed by atoms with Crippen molar-refractivity contribution >= 4 is 29.2 Å². The van der Waals surface area contributed by atoms with Crippen LogP contribution in [0.5, 0.6) is 0 Å². The van der Waals surface area contributed by atoms with Crippen molar-refractivity contribution in [1.29, 1.82) is 0 Å². The second-order valence-corrected chi connectivity index (χ2v) is 3.89. The number of H-pyrrole nitrogens is 1. The second kappa shape index (κ2) is 3.09. The van der Waals surface area contributed by atoms with Gasteiger partial charge in [-0.3, -0.25) is 4.57 Å². The molecule has 74 valence electrons. The number of anilines is 1. The largest absolute Gasteiger partial charge is 0.384 e. The smallest absolute Gasteiger partial charge is 0.179 e. The summed E-state index contributed by atoms with van der Waals surface area (Å²) >= 11 is 5.20. The van der Waals surface area contributed by atoms with E-state index in [0.717, 1.165) is 11.2 Å². The third-order valence-corrected chi connectivity index (χ3v) is 2.40. The maximum atomic E-state index is 5.63. The molecule has 3 N–H and O–H groups in total. The lowest BCUT2D eigenvalue weighted by molar-refractivity contribution is 0.605. The molecule has 0 bridgehead atoms. The zero-order valence-electron chi connectivity index (χ0n) is 8.11. The van der Waals surface area contributed by atoms with E-state index in [-0.39, 0.29) is 6.04 Å². The number of hydrogen-bond acceptors (Lipinski definition) is 3. The second-order valence-electron chi connectivity index (χ2n) is 3.50. The molecule has 4 nitrogen and oxygen atoms in total. The highest BCUT2D eigenvalue weighted by molar-refractivity contribution is 7.71. The summed E-state index contributed by atoms with van der Waals surface area (Å²) < 4.78 is 2.65. The minimum absolute atomic E-state index is 0.283. The molecule has 2 aromatic heterocycles. The van der Waals surface area contributed by atoms with Crippen LogP contribution in [0.15, 0.2) is 12.1 Å². The van der Waals surface area contributed by atoms with E-state index < -0.39 is 0 Å². The van der Waals surface area contributed by atoms with Gasteiger partial charge in [0.2, 0.25) is 0 Å². The Morgan fingerprint density at radius 3 is 2.86 bits per heavy atom. The summed E-state index contributed by atoms with van der Waals surface area (Å²) in [4.78, 5) is 7.36. The van der Waals surface area contributed by atoms with Crippen LogP contribution in [0.1, 0.15) is 19.9 Å². The van der Waals surface area contributed by atoms with Gasteiger partial charge in [0.25, 0.3) is 0 Å². The van der Waals surface area contributed by atoms with Gasteiger partial charge in [-0.15, -0.1) is 0 Å². The molecule has 0 saturated carbocycles. The van der Waals surface area contributed by atoms with Gasteiger partial charge in [-0.2, -0.15) is 0 Å². The summed E-state index contributed by atoms with van der Waals surface area (Å²) in [5, 5.41) is 0. The average Bonchev–Trinajstić information content (AvgIpc) is 2.40. The Labute approximate surface area is 86.8 Å². The van der Waals surface area contributed by atoms with Crippen molar-refractivity contribution in [2.75, 3.05) is 5.73 Å². The Morgan fingerprint density at radius 2 is 2.21 bits per heavy atom. The molecule has 0 aliphatic rings. The van der Waals surface area contributed by atoms with Crippen LogP contribution >= 0.6 is 12.2 Å². The molecule has 14 heavy (non-hydrogen) atoms. The molecule has 0 amide bonds. The van der Waals surface area contributed by atoms with Gasteiger partial charge >= 0.3 is 0 Å². The number of nitrogens with zero attached hydrogens (tertiary/aromatic N) is 2. The van der Waals surface area contributed by atoms with Crippen LogP contribution in [-0.2, 0) is 0 Å². The molecule has 0 spiro atoms. The minimum Gasteiger partial charge on any atom is -0.384 e. The maximum absolute atomic E-state index is 5.63. The Kier molecular flexibility index (Phi) is 2.03. The quantitative estimate of drug-likeness (QED) is 0.707. The summed E-state index contributed by atoms with van der Waals surface area (Å²) in [5.74, 6) is 0.515.